The molecule has 0 amide bonds. The van der Waals surface area contributed by atoms with E-state index in [0.717, 1.165) is 17.7 Å². The summed E-state index contributed by atoms with van der Waals surface area (Å²) in [6.07, 6.45) is -4.32. The maximum Gasteiger partial charge on any atom is 0.416 e. The van der Waals surface area contributed by atoms with Crippen molar-refractivity contribution in [3.8, 4) is 0 Å². The molecule has 1 aromatic carbocycles. The first kappa shape index (κ1) is 11.5. The SMILES string of the molecule is Cc1c(Br)cc(C(F)(F)F)cc1CN. The largest absolute Gasteiger partial charge is 0.416 e. The van der Waals surface area contributed by atoms with Gasteiger partial charge in [0.2, 0.25) is 0 Å². The summed E-state index contributed by atoms with van der Waals surface area (Å²) < 4.78 is 37.5. The van der Waals surface area contributed by atoms with Crippen molar-refractivity contribution in [1.29, 1.82) is 0 Å². The third kappa shape index (κ3) is 2.27. The summed E-state index contributed by atoms with van der Waals surface area (Å²) in [6.45, 7) is 1.83. The van der Waals surface area contributed by atoms with E-state index in [0.29, 0.717) is 10.0 Å². The highest BCUT2D eigenvalue weighted by molar-refractivity contribution is 9.10. The molecule has 1 nitrogen and oxygen atoms in total. The summed E-state index contributed by atoms with van der Waals surface area (Å²) in [4.78, 5) is 0. The van der Waals surface area contributed by atoms with Gasteiger partial charge in [0.05, 0.1) is 5.56 Å². The lowest BCUT2D eigenvalue weighted by Crippen LogP contribution is -2.08. The van der Waals surface area contributed by atoms with E-state index < -0.39 is 11.7 Å². The molecule has 1 rings (SSSR count). The summed E-state index contributed by atoms with van der Waals surface area (Å²) in [5.74, 6) is 0. The van der Waals surface area contributed by atoms with Crippen LogP contribution in [0.1, 0.15) is 16.7 Å². The van der Waals surface area contributed by atoms with Crippen molar-refractivity contribution < 1.29 is 13.2 Å². The summed E-state index contributed by atoms with van der Waals surface area (Å²) in [5.41, 5.74) is 5.93. The predicted molar refractivity (Wildman–Crippen MR) is 51.8 cm³/mol. The van der Waals surface area contributed by atoms with Crippen LogP contribution in [0.25, 0.3) is 0 Å². The van der Waals surface area contributed by atoms with Crippen LogP contribution in [0.3, 0.4) is 0 Å². The number of nitrogens with two attached hydrogens (primary N) is 1. The Morgan fingerprint density at radius 3 is 2.36 bits per heavy atom. The van der Waals surface area contributed by atoms with E-state index in [9.17, 15) is 13.2 Å². The number of benzene rings is 1. The second-order valence-corrected chi connectivity index (χ2v) is 3.80. The highest BCUT2D eigenvalue weighted by Crippen LogP contribution is 2.33. The first-order valence-corrected chi connectivity index (χ1v) is 4.72. The van der Waals surface area contributed by atoms with Gasteiger partial charge in [-0.3, -0.25) is 0 Å². The Kier molecular flexibility index (Phi) is 3.21. The van der Waals surface area contributed by atoms with Gasteiger partial charge in [-0.1, -0.05) is 15.9 Å². The lowest BCUT2D eigenvalue weighted by molar-refractivity contribution is -0.137. The monoisotopic (exact) mass is 267 g/mol. The average molecular weight is 268 g/mol. The minimum atomic E-state index is -4.32. The maximum absolute atomic E-state index is 12.4. The number of halogens is 4. The molecule has 0 aliphatic heterocycles. The highest BCUT2D eigenvalue weighted by Gasteiger charge is 2.31. The number of alkyl halides is 3. The molecule has 0 spiro atoms. The van der Waals surface area contributed by atoms with Gasteiger partial charge in [0.1, 0.15) is 0 Å². The zero-order chi connectivity index (χ0) is 10.9. The van der Waals surface area contributed by atoms with Crippen LogP contribution in [0.5, 0.6) is 0 Å². The maximum atomic E-state index is 12.4. The van der Waals surface area contributed by atoms with Crippen LogP contribution < -0.4 is 5.73 Å². The molecule has 0 unspecified atom stereocenters. The molecule has 0 aliphatic rings. The molecule has 0 aliphatic carbocycles. The fraction of sp³-hybridized carbons (Fsp3) is 0.333. The Bertz CT molecular complexity index is 347. The Hall–Kier alpha value is -0.550. The van der Waals surface area contributed by atoms with Crippen molar-refractivity contribution >= 4 is 15.9 Å². The van der Waals surface area contributed by atoms with Gasteiger partial charge in [-0.05, 0) is 30.2 Å². The van der Waals surface area contributed by atoms with Gasteiger partial charge < -0.3 is 5.73 Å². The van der Waals surface area contributed by atoms with Gasteiger partial charge >= 0.3 is 6.18 Å². The van der Waals surface area contributed by atoms with Crippen LogP contribution in [-0.4, -0.2) is 0 Å². The standard InChI is InChI=1S/C9H9BrF3N/c1-5-6(4-14)2-7(3-8(5)10)9(11,12)13/h2-3H,4,14H2,1H3. The zero-order valence-corrected chi connectivity index (χ0v) is 9.04. The molecule has 14 heavy (non-hydrogen) atoms. The molecule has 0 radical (unpaired) electrons. The average Bonchev–Trinajstić information content (AvgIpc) is 2.07. The fourth-order valence-electron chi connectivity index (χ4n) is 1.11. The number of hydrogen-bond acceptors (Lipinski definition) is 1. The van der Waals surface area contributed by atoms with Gasteiger partial charge in [-0.2, -0.15) is 13.2 Å². The van der Waals surface area contributed by atoms with Crippen LogP contribution in [0.4, 0.5) is 13.2 Å². The molecule has 0 saturated heterocycles. The van der Waals surface area contributed by atoms with Crippen molar-refractivity contribution in [1.82, 2.24) is 0 Å². The predicted octanol–water partition coefficient (Wildman–Crippen LogP) is 3.24. The first-order chi connectivity index (χ1) is 6.36. The Balaban J connectivity index is 3.30. The normalized spacial score (nSPS) is 11.9. The van der Waals surface area contributed by atoms with E-state index in [2.05, 4.69) is 15.9 Å². The molecular weight excluding hydrogens is 259 g/mol. The van der Waals surface area contributed by atoms with Gasteiger partial charge in [-0.25, -0.2) is 0 Å². The second kappa shape index (κ2) is 3.90. The number of hydrogen-bond donors (Lipinski definition) is 1. The van der Waals surface area contributed by atoms with Gasteiger partial charge in [-0.15, -0.1) is 0 Å². The van der Waals surface area contributed by atoms with Crippen LogP contribution in [0, 0.1) is 6.92 Å². The van der Waals surface area contributed by atoms with Gasteiger partial charge in [0.15, 0.2) is 0 Å². The molecular formula is C9H9BrF3N. The Morgan fingerprint density at radius 1 is 1.36 bits per heavy atom. The van der Waals surface area contributed by atoms with Crippen molar-refractivity contribution in [3.05, 3.63) is 33.3 Å². The summed E-state index contributed by atoms with van der Waals surface area (Å²) in [6, 6.07) is 2.15. The Morgan fingerprint density at radius 2 is 1.93 bits per heavy atom. The quantitative estimate of drug-likeness (QED) is 0.831. The molecule has 5 heteroatoms. The van der Waals surface area contributed by atoms with E-state index in [1.807, 2.05) is 0 Å². The van der Waals surface area contributed by atoms with Crippen LogP contribution in [0.2, 0.25) is 0 Å². The van der Waals surface area contributed by atoms with E-state index in [4.69, 9.17) is 5.73 Å². The summed E-state index contributed by atoms with van der Waals surface area (Å²) >= 11 is 3.07. The molecule has 0 heterocycles. The van der Waals surface area contributed by atoms with Crippen molar-refractivity contribution in [3.63, 3.8) is 0 Å². The molecule has 1 aromatic rings. The third-order valence-corrected chi connectivity index (χ3v) is 2.82. The highest BCUT2D eigenvalue weighted by atomic mass is 79.9. The third-order valence-electron chi connectivity index (χ3n) is 2.00. The second-order valence-electron chi connectivity index (χ2n) is 2.94. The van der Waals surface area contributed by atoms with Crippen LogP contribution in [0.15, 0.2) is 16.6 Å². The van der Waals surface area contributed by atoms with Crippen molar-refractivity contribution in [2.75, 3.05) is 0 Å². The lowest BCUT2D eigenvalue weighted by Gasteiger charge is -2.12. The minimum absolute atomic E-state index is 0.106. The van der Waals surface area contributed by atoms with Crippen molar-refractivity contribution in [2.24, 2.45) is 5.73 Å². The first-order valence-electron chi connectivity index (χ1n) is 3.92. The molecule has 78 valence electrons. The van der Waals surface area contributed by atoms with E-state index in [-0.39, 0.29) is 6.54 Å². The smallest absolute Gasteiger partial charge is 0.326 e. The lowest BCUT2D eigenvalue weighted by atomic mass is 10.0. The molecule has 0 fully saturated rings. The molecule has 0 saturated carbocycles. The van der Waals surface area contributed by atoms with Crippen LogP contribution in [-0.2, 0) is 12.7 Å². The van der Waals surface area contributed by atoms with Gasteiger partial charge in [0.25, 0.3) is 0 Å². The topological polar surface area (TPSA) is 26.0 Å². The van der Waals surface area contributed by atoms with E-state index >= 15 is 0 Å². The molecule has 0 bridgehead atoms. The van der Waals surface area contributed by atoms with Gasteiger partial charge in [0, 0.05) is 11.0 Å². The summed E-state index contributed by atoms with van der Waals surface area (Å²) in [5, 5.41) is 0. The molecule has 0 aromatic heterocycles. The summed E-state index contributed by atoms with van der Waals surface area (Å²) in [7, 11) is 0. The molecule has 2 N–H and O–H groups in total. The van der Waals surface area contributed by atoms with Crippen molar-refractivity contribution in [2.45, 2.75) is 19.6 Å². The molecule has 0 atom stereocenters. The minimum Gasteiger partial charge on any atom is -0.326 e. The van der Waals surface area contributed by atoms with E-state index in [1.54, 1.807) is 6.92 Å². The fourth-order valence-corrected chi connectivity index (χ4v) is 1.61. The number of rotatable bonds is 1. The van der Waals surface area contributed by atoms with E-state index in [1.165, 1.54) is 0 Å². The van der Waals surface area contributed by atoms with Crippen LogP contribution >= 0.6 is 15.9 Å². The zero-order valence-electron chi connectivity index (χ0n) is 7.45. The Labute approximate surface area is 88.2 Å².